The highest BCUT2D eigenvalue weighted by Gasteiger charge is 2.08. The van der Waals surface area contributed by atoms with Crippen LogP contribution in [0.1, 0.15) is 6.42 Å². The Morgan fingerprint density at radius 3 is 3.00 bits per heavy atom. The second-order valence-electron chi connectivity index (χ2n) is 3.39. The first-order valence-corrected chi connectivity index (χ1v) is 5.02. The van der Waals surface area contributed by atoms with E-state index < -0.39 is 11.7 Å². The molecule has 0 bridgehead atoms. The van der Waals surface area contributed by atoms with Gasteiger partial charge in [0.15, 0.2) is 5.82 Å². The van der Waals surface area contributed by atoms with Crippen LogP contribution >= 0.6 is 0 Å². The normalized spacial score (nSPS) is 9.78. The minimum atomic E-state index is -0.546. The molecule has 1 aromatic carbocycles. The first-order valence-electron chi connectivity index (χ1n) is 5.02. The van der Waals surface area contributed by atoms with Crippen molar-refractivity contribution in [3.8, 4) is 11.8 Å². The van der Waals surface area contributed by atoms with Gasteiger partial charge < -0.3 is 5.32 Å². The molecule has 2 aromatic rings. The van der Waals surface area contributed by atoms with Crippen LogP contribution in [0, 0.1) is 17.1 Å². The van der Waals surface area contributed by atoms with Crippen LogP contribution in [0.25, 0.3) is 5.69 Å². The Balaban J connectivity index is 2.21. The van der Waals surface area contributed by atoms with Crippen LogP contribution in [0.2, 0.25) is 0 Å². The summed E-state index contributed by atoms with van der Waals surface area (Å²) in [4.78, 5) is 14.9. The Morgan fingerprint density at radius 1 is 1.56 bits per heavy atom. The van der Waals surface area contributed by atoms with Crippen molar-refractivity contribution in [2.45, 2.75) is 6.42 Å². The lowest BCUT2D eigenvalue weighted by Gasteiger charge is -2.06. The summed E-state index contributed by atoms with van der Waals surface area (Å²) >= 11 is 0. The second kappa shape index (κ2) is 5.05. The fourth-order valence-electron chi connectivity index (χ4n) is 1.38. The van der Waals surface area contributed by atoms with Crippen molar-refractivity contribution in [3.05, 3.63) is 36.7 Å². The number of nitrogens with zero attached hydrogens (tertiary/aromatic N) is 4. The zero-order valence-electron chi connectivity index (χ0n) is 9.17. The van der Waals surface area contributed by atoms with Crippen LogP contribution in [-0.2, 0) is 4.79 Å². The van der Waals surface area contributed by atoms with Gasteiger partial charge in [-0.15, -0.1) is 0 Å². The molecule has 1 aromatic heterocycles. The average Bonchev–Trinajstić information content (AvgIpc) is 2.82. The summed E-state index contributed by atoms with van der Waals surface area (Å²) in [7, 11) is 0. The number of carbonyl (C=O) groups is 1. The number of nitrogens with one attached hydrogen (secondary N) is 1. The molecule has 1 heterocycles. The van der Waals surface area contributed by atoms with Crippen LogP contribution in [0.4, 0.5) is 10.1 Å². The maximum Gasteiger partial charge on any atom is 0.238 e. The maximum atomic E-state index is 13.7. The fourth-order valence-corrected chi connectivity index (χ4v) is 1.38. The van der Waals surface area contributed by atoms with E-state index in [0.717, 1.165) is 6.07 Å². The monoisotopic (exact) mass is 245 g/mol. The smallest absolute Gasteiger partial charge is 0.238 e. The van der Waals surface area contributed by atoms with Gasteiger partial charge >= 0.3 is 0 Å². The molecular weight excluding hydrogens is 237 g/mol. The average molecular weight is 245 g/mol. The lowest BCUT2D eigenvalue weighted by molar-refractivity contribution is -0.115. The van der Waals surface area contributed by atoms with Crippen molar-refractivity contribution < 1.29 is 9.18 Å². The molecule has 0 aliphatic heterocycles. The molecule has 0 aliphatic rings. The lowest BCUT2D eigenvalue weighted by atomic mass is 10.2. The van der Waals surface area contributed by atoms with Crippen LogP contribution in [0.3, 0.4) is 0 Å². The summed E-state index contributed by atoms with van der Waals surface area (Å²) in [6.45, 7) is 0. The third-order valence-electron chi connectivity index (χ3n) is 2.14. The van der Waals surface area contributed by atoms with E-state index in [1.165, 1.54) is 29.5 Å². The van der Waals surface area contributed by atoms with Crippen molar-refractivity contribution in [2.24, 2.45) is 0 Å². The highest BCUT2D eigenvalue weighted by Crippen LogP contribution is 2.17. The van der Waals surface area contributed by atoms with Gasteiger partial charge in [-0.05, 0) is 18.2 Å². The number of rotatable bonds is 3. The largest absolute Gasteiger partial charge is 0.325 e. The second-order valence-corrected chi connectivity index (χ2v) is 3.39. The van der Waals surface area contributed by atoms with Gasteiger partial charge in [-0.1, -0.05) is 0 Å². The molecule has 0 unspecified atom stereocenters. The Morgan fingerprint density at radius 2 is 2.39 bits per heavy atom. The van der Waals surface area contributed by atoms with Crippen molar-refractivity contribution in [1.82, 2.24) is 14.8 Å². The Hall–Kier alpha value is -2.75. The van der Waals surface area contributed by atoms with Crippen LogP contribution in [-0.4, -0.2) is 20.7 Å². The lowest BCUT2D eigenvalue weighted by Crippen LogP contribution is -2.10. The zero-order valence-corrected chi connectivity index (χ0v) is 9.17. The van der Waals surface area contributed by atoms with Crippen LogP contribution in [0.15, 0.2) is 30.9 Å². The van der Waals surface area contributed by atoms with Gasteiger partial charge in [-0.25, -0.2) is 14.1 Å². The van der Waals surface area contributed by atoms with Gasteiger partial charge in [0.1, 0.15) is 24.8 Å². The highest BCUT2D eigenvalue weighted by atomic mass is 19.1. The Kier molecular flexibility index (Phi) is 3.29. The van der Waals surface area contributed by atoms with E-state index in [2.05, 4.69) is 15.4 Å². The minimum absolute atomic E-state index is 0.228. The van der Waals surface area contributed by atoms with E-state index in [-0.39, 0.29) is 17.8 Å². The number of halogens is 1. The first-order chi connectivity index (χ1) is 8.70. The quantitative estimate of drug-likeness (QED) is 0.882. The first kappa shape index (κ1) is 11.7. The molecule has 0 saturated heterocycles. The molecule has 0 saturated carbocycles. The van der Waals surface area contributed by atoms with Crippen LogP contribution < -0.4 is 5.32 Å². The van der Waals surface area contributed by atoms with E-state index in [9.17, 15) is 9.18 Å². The van der Waals surface area contributed by atoms with E-state index in [4.69, 9.17) is 5.26 Å². The topological polar surface area (TPSA) is 83.6 Å². The Bertz CT molecular complexity index is 602. The summed E-state index contributed by atoms with van der Waals surface area (Å²) in [6.07, 6.45) is 2.39. The third kappa shape index (κ3) is 2.49. The van der Waals surface area contributed by atoms with E-state index >= 15 is 0 Å². The maximum absolute atomic E-state index is 13.7. The van der Waals surface area contributed by atoms with Gasteiger partial charge in [0.25, 0.3) is 0 Å². The molecule has 0 spiro atoms. The summed E-state index contributed by atoms with van der Waals surface area (Å²) in [5.41, 5.74) is 0.516. The van der Waals surface area contributed by atoms with Gasteiger partial charge in [-0.3, -0.25) is 4.79 Å². The SMILES string of the molecule is N#CCC(=O)Nc1ccc(-n2cncn2)c(F)c1. The van der Waals surface area contributed by atoms with Crippen LogP contribution in [0.5, 0.6) is 0 Å². The fraction of sp³-hybridized carbons (Fsp3) is 0.0909. The standard InChI is InChI=1S/C11H8FN5O/c12-9-5-8(16-11(18)3-4-13)1-2-10(9)17-7-14-6-15-17/h1-2,5-7H,3H2,(H,16,18). The minimum Gasteiger partial charge on any atom is -0.325 e. The Labute approximate surface area is 102 Å². The molecule has 7 heteroatoms. The number of anilines is 1. The molecule has 0 aliphatic carbocycles. The molecule has 6 nitrogen and oxygen atoms in total. The van der Waals surface area contributed by atoms with Gasteiger partial charge in [0, 0.05) is 5.69 Å². The number of hydrogen-bond acceptors (Lipinski definition) is 4. The summed E-state index contributed by atoms with van der Waals surface area (Å²) in [5, 5.41) is 14.5. The van der Waals surface area contributed by atoms with E-state index in [1.54, 1.807) is 6.07 Å². The molecule has 0 radical (unpaired) electrons. The molecule has 0 atom stereocenters. The van der Waals surface area contributed by atoms with E-state index in [1.807, 2.05) is 0 Å². The molecule has 1 amide bonds. The predicted molar refractivity (Wildman–Crippen MR) is 60.2 cm³/mol. The number of carbonyl (C=O) groups excluding carboxylic acids is 1. The van der Waals surface area contributed by atoms with Crippen molar-refractivity contribution in [2.75, 3.05) is 5.32 Å². The molecule has 2 rings (SSSR count). The zero-order chi connectivity index (χ0) is 13.0. The van der Waals surface area contributed by atoms with Crippen molar-refractivity contribution in [3.63, 3.8) is 0 Å². The molecular formula is C11H8FN5O. The molecule has 0 fully saturated rings. The van der Waals surface area contributed by atoms with Crippen molar-refractivity contribution >= 4 is 11.6 Å². The van der Waals surface area contributed by atoms with Gasteiger partial charge in [0.2, 0.25) is 5.91 Å². The van der Waals surface area contributed by atoms with Gasteiger partial charge in [0.05, 0.1) is 6.07 Å². The summed E-state index contributed by atoms with van der Waals surface area (Å²) in [6, 6.07) is 5.85. The highest BCUT2D eigenvalue weighted by molar-refractivity contribution is 5.92. The predicted octanol–water partition coefficient (Wildman–Crippen LogP) is 1.26. The van der Waals surface area contributed by atoms with Gasteiger partial charge in [-0.2, -0.15) is 10.4 Å². The third-order valence-corrected chi connectivity index (χ3v) is 2.14. The molecule has 18 heavy (non-hydrogen) atoms. The summed E-state index contributed by atoms with van der Waals surface area (Å²) < 4.78 is 15.0. The summed E-state index contributed by atoms with van der Waals surface area (Å²) in [5.74, 6) is -1.03. The number of aromatic nitrogens is 3. The molecule has 1 N–H and O–H groups in total. The van der Waals surface area contributed by atoms with Crippen molar-refractivity contribution in [1.29, 1.82) is 5.26 Å². The number of benzene rings is 1. The van der Waals surface area contributed by atoms with E-state index in [0.29, 0.717) is 0 Å². The number of nitriles is 1. The number of amides is 1. The molecule has 90 valence electrons. The number of hydrogen-bond donors (Lipinski definition) is 1.